The van der Waals surface area contributed by atoms with Crippen LogP contribution in [0.25, 0.3) is 11.1 Å². The van der Waals surface area contributed by atoms with Gasteiger partial charge in [0.15, 0.2) is 11.5 Å². The molecular weight excluding hydrogens is 476 g/mol. The Bertz CT molecular complexity index is 1300. The molecule has 0 unspecified atom stereocenters. The third-order valence-electron chi connectivity index (χ3n) is 7.26. The lowest BCUT2D eigenvalue weighted by Gasteiger charge is -2.32. The lowest BCUT2D eigenvalue weighted by atomic mass is 9.82. The van der Waals surface area contributed by atoms with Crippen molar-refractivity contribution in [3.05, 3.63) is 107 Å². The summed E-state index contributed by atoms with van der Waals surface area (Å²) in [4.78, 5) is 26.8. The Kier molecular flexibility index (Phi) is 8.35. The molecule has 4 rings (SSSR count). The number of hydrogen-bond donors (Lipinski definition) is 1. The third kappa shape index (κ3) is 6.16. The normalized spacial score (nSPS) is 23.3. The van der Waals surface area contributed by atoms with E-state index in [1.54, 1.807) is 48.5 Å². The van der Waals surface area contributed by atoms with E-state index in [-0.39, 0.29) is 22.7 Å². The minimum Gasteiger partial charge on any atom is -0.504 e. The van der Waals surface area contributed by atoms with Crippen molar-refractivity contribution in [3.8, 4) is 0 Å². The highest BCUT2D eigenvalue weighted by Crippen LogP contribution is 2.38. The van der Waals surface area contributed by atoms with Crippen LogP contribution in [0, 0.1) is 11.3 Å². The monoisotopic (exact) mass is 512 g/mol. The molecule has 1 aliphatic carbocycles. The maximum atomic E-state index is 13.9. The highest BCUT2D eigenvalue weighted by molar-refractivity contribution is 6.25. The number of allylic oxidation sites excluding steroid dienone is 3. The topological polar surface area (TPSA) is 72.8 Å². The molecule has 38 heavy (non-hydrogen) atoms. The fourth-order valence-electron chi connectivity index (χ4n) is 4.82. The Balaban J connectivity index is 1.76. The minimum atomic E-state index is -0.710. The van der Waals surface area contributed by atoms with Crippen molar-refractivity contribution in [1.29, 1.82) is 0 Å². The number of aliphatic hydroxyl groups excluding tert-OH is 1. The van der Waals surface area contributed by atoms with E-state index in [0.29, 0.717) is 23.5 Å². The van der Waals surface area contributed by atoms with Crippen LogP contribution in [0.2, 0.25) is 0 Å². The summed E-state index contributed by atoms with van der Waals surface area (Å²) in [5.74, 6) is -1.49. The average molecular weight is 513 g/mol. The lowest BCUT2D eigenvalue weighted by Crippen LogP contribution is -2.33. The SMILES string of the molecule is CC1=CCC[C@H](C)C=CC(C)(C)[C@H](OC(=O)C(=C2OC(=O)C(c3ccccc3)=C2O)c2ccccc2)CC1. The predicted molar refractivity (Wildman–Crippen MR) is 150 cm³/mol. The van der Waals surface area contributed by atoms with E-state index in [1.165, 1.54) is 5.57 Å². The first-order chi connectivity index (χ1) is 18.2. The number of hydrogen-bond acceptors (Lipinski definition) is 5. The van der Waals surface area contributed by atoms with Gasteiger partial charge in [-0.05, 0) is 49.7 Å². The van der Waals surface area contributed by atoms with Crippen molar-refractivity contribution >= 4 is 23.1 Å². The summed E-state index contributed by atoms with van der Waals surface area (Å²) in [5.41, 5.74) is 1.90. The van der Waals surface area contributed by atoms with E-state index in [4.69, 9.17) is 9.47 Å². The first-order valence-electron chi connectivity index (χ1n) is 13.2. The zero-order chi connectivity index (χ0) is 27.3. The molecule has 5 nitrogen and oxygen atoms in total. The zero-order valence-electron chi connectivity index (χ0n) is 22.6. The number of aliphatic hydroxyl groups is 1. The van der Waals surface area contributed by atoms with Gasteiger partial charge in [0.2, 0.25) is 0 Å². The smallest absolute Gasteiger partial charge is 0.348 e. The van der Waals surface area contributed by atoms with Gasteiger partial charge in [0.1, 0.15) is 17.3 Å². The van der Waals surface area contributed by atoms with Crippen molar-refractivity contribution in [1.82, 2.24) is 0 Å². The molecule has 1 N–H and O–H groups in total. The molecule has 1 heterocycles. The molecule has 0 fully saturated rings. The molecule has 2 aromatic carbocycles. The molecule has 0 spiro atoms. The quantitative estimate of drug-likeness (QED) is 0.260. The van der Waals surface area contributed by atoms with Crippen LogP contribution in [0.15, 0.2) is 96.0 Å². The van der Waals surface area contributed by atoms with Gasteiger partial charge in [0.25, 0.3) is 0 Å². The first kappa shape index (κ1) is 27.2. The lowest BCUT2D eigenvalue weighted by molar-refractivity contribution is -0.146. The van der Waals surface area contributed by atoms with Crippen molar-refractivity contribution in [2.24, 2.45) is 11.3 Å². The fourth-order valence-corrected chi connectivity index (χ4v) is 4.82. The zero-order valence-corrected chi connectivity index (χ0v) is 22.6. The molecule has 198 valence electrons. The number of carbonyl (C=O) groups excluding carboxylic acids is 2. The van der Waals surface area contributed by atoms with Crippen LogP contribution in [0.3, 0.4) is 0 Å². The molecule has 2 aromatic rings. The van der Waals surface area contributed by atoms with Crippen molar-refractivity contribution < 1.29 is 24.2 Å². The van der Waals surface area contributed by atoms with Crippen molar-refractivity contribution in [2.45, 2.75) is 59.5 Å². The van der Waals surface area contributed by atoms with Crippen LogP contribution in [-0.4, -0.2) is 23.1 Å². The molecule has 0 saturated carbocycles. The fraction of sp³-hybridized carbons (Fsp3) is 0.333. The van der Waals surface area contributed by atoms with Crippen LogP contribution in [-0.2, 0) is 19.1 Å². The predicted octanol–water partition coefficient (Wildman–Crippen LogP) is 7.57. The van der Waals surface area contributed by atoms with Gasteiger partial charge in [0, 0.05) is 5.41 Å². The number of carbonyl (C=O) groups is 2. The van der Waals surface area contributed by atoms with Crippen molar-refractivity contribution in [3.63, 3.8) is 0 Å². The number of ether oxygens (including phenoxy) is 2. The number of rotatable bonds is 4. The van der Waals surface area contributed by atoms with E-state index >= 15 is 0 Å². The second kappa shape index (κ2) is 11.7. The molecule has 2 aliphatic rings. The summed E-state index contributed by atoms with van der Waals surface area (Å²) in [6.45, 7) is 8.45. The summed E-state index contributed by atoms with van der Waals surface area (Å²) in [6, 6.07) is 17.7. The number of cyclic esters (lactones) is 1. The number of benzene rings is 2. The average Bonchev–Trinajstić information content (AvgIpc) is 3.18. The van der Waals surface area contributed by atoms with Gasteiger partial charge in [-0.25, -0.2) is 9.59 Å². The van der Waals surface area contributed by atoms with Gasteiger partial charge >= 0.3 is 11.9 Å². The van der Waals surface area contributed by atoms with E-state index < -0.39 is 23.5 Å². The van der Waals surface area contributed by atoms with Crippen molar-refractivity contribution in [2.75, 3.05) is 0 Å². The maximum absolute atomic E-state index is 13.9. The highest BCUT2D eigenvalue weighted by atomic mass is 16.6. The molecule has 0 amide bonds. The maximum Gasteiger partial charge on any atom is 0.348 e. The molecule has 0 aromatic heterocycles. The van der Waals surface area contributed by atoms with Crippen LogP contribution in [0.5, 0.6) is 0 Å². The van der Waals surface area contributed by atoms with Crippen LogP contribution >= 0.6 is 0 Å². The van der Waals surface area contributed by atoms with E-state index in [0.717, 1.165) is 19.3 Å². The third-order valence-corrected chi connectivity index (χ3v) is 7.26. The number of esters is 2. The summed E-state index contributed by atoms with van der Waals surface area (Å²) in [6.07, 6.45) is 9.72. The van der Waals surface area contributed by atoms with Gasteiger partial charge < -0.3 is 14.6 Å². The second-order valence-corrected chi connectivity index (χ2v) is 10.8. The van der Waals surface area contributed by atoms with E-state index in [2.05, 4.69) is 45.9 Å². The van der Waals surface area contributed by atoms with E-state index in [1.807, 2.05) is 12.1 Å². The van der Waals surface area contributed by atoms with Gasteiger partial charge in [-0.3, -0.25) is 0 Å². The minimum absolute atomic E-state index is 0.0229. The largest absolute Gasteiger partial charge is 0.504 e. The Morgan fingerprint density at radius 3 is 2.37 bits per heavy atom. The summed E-state index contributed by atoms with van der Waals surface area (Å²) in [5, 5.41) is 11.2. The molecular formula is C33H36O5. The molecule has 0 saturated heterocycles. The molecule has 1 aliphatic heterocycles. The van der Waals surface area contributed by atoms with Crippen LogP contribution < -0.4 is 0 Å². The van der Waals surface area contributed by atoms with Gasteiger partial charge in [0.05, 0.1) is 0 Å². The molecule has 5 heteroatoms. The Morgan fingerprint density at radius 1 is 1.03 bits per heavy atom. The standard InChI is InChI=1S/C33H36O5/c1-22-12-11-13-23(2)20-21-33(3,4)26(19-18-22)37-32(36)28(25-16-9-6-10-17-25)30-29(34)27(31(35)38-30)24-14-7-5-8-15-24/h5-10,12,14-17,20-21,23,26,34H,11,13,18-19H2,1-4H3/t23-,26+/m0/s1. The first-order valence-corrected chi connectivity index (χ1v) is 13.2. The van der Waals surface area contributed by atoms with Gasteiger partial charge in [-0.15, -0.1) is 0 Å². The Hall–Kier alpha value is -3.86. The van der Waals surface area contributed by atoms with Gasteiger partial charge in [-0.2, -0.15) is 0 Å². The molecule has 0 radical (unpaired) electrons. The van der Waals surface area contributed by atoms with E-state index in [9.17, 15) is 14.7 Å². The molecule has 0 bridgehead atoms. The summed E-state index contributed by atoms with van der Waals surface area (Å²) in [7, 11) is 0. The Morgan fingerprint density at radius 2 is 1.68 bits per heavy atom. The van der Waals surface area contributed by atoms with Gasteiger partial charge in [-0.1, -0.05) is 105 Å². The Labute approximate surface area is 225 Å². The summed E-state index contributed by atoms with van der Waals surface area (Å²) < 4.78 is 11.8. The highest BCUT2D eigenvalue weighted by Gasteiger charge is 2.38. The molecule has 2 atom stereocenters. The van der Waals surface area contributed by atoms with Crippen LogP contribution in [0.4, 0.5) is 0 Å². The van der Waals surface area contributed by atoms with Crippen LogP contribution in [0.1, 0.15) is 64.5 Å². The summed E-state index contributed by atoms with van der Waals surface area (Å²) >= 11 is 0. The second-order valence-electron chi connectivity index (χ2n) is 10.8.